The first-order valence-corrected chi connectivity index (χ1v) is 9.17. The predicted octanol–water partition coefficient (Wildman–Crippen LogP) is 2.15. The molecule has 1 aliphatic heterocycles. The van der Waals surface area contributed by atoms with E-state index in [0.29, 0.717) is 48.1 Å². The maximum absolute atomic E-state index is 12.3. The molecule has 1 aromatic heterocycles. The molecule has 0 aliphatic carbocycles. The SMILES string of the molecule is CCOC(=O)c1sc(NS(=O)(=O)C2CCOCC2)cc1C. The largest absolute Gasteiger partial charge is 0.462 e. The number of ether oxygens (including phenoxy) is 2. The van der Waals surface area contributed by atoms with Crippen molar-refractivity contribution < 1.29 is 22.7 Å². The lowest BCUT2D eigenvalue weighted by atomic mass is 10.2. The molecule has 1 N–H and O–H groups in total. The average Bonchev–Trinajstić information content (AvgIpc) is 2.80. The number of hydrogen-bond acceptors (Lipinski definition) is 6. The van der Waals surface area contributed by atoms with Crippen LogP contribution in [0.25, 0.3) is 0 Å². The van der Waals surface area contributed by atoms with Gasteiger partial charge >= 0.3 is 5.97 Å². The number of hydrogen-bond donors (Lipinski definition) is 1. The lowest BCUT2D eigenvalue weighted by Crippen LogP contribution is -2.33. The molecule has 0 saturated carbocycles. The second kappa shape index (κ2) is 6.76. The van der Waals surface area contributed by atoms with Gasteiger partial charge in [0.05, 0.1) is 11.9 Å². The second-order valence-corrected chi connectivity index (χ2v) is 7.82. The van der Waals surface area contributed by atoms with Crippen molar-refractivity contribution in [3.8, 4) is 0 Å². The Labute approximate surface area is 128 Å². The van der Waals surface area contributed by atoms with Crippen LogP contribution in [0, 0.1) is 6.92 Å². The van der Waals surface area contributed by atoms with E-state index in [2.05, 4.69) is 4.72 Å². The predicted molar refractivity (Wildman–Crippen MR) is 81.4 cm³/mol. The number of carbonyl (C=O) groups excluding carboxylic acids is 1. The molecule has 0 radical (unpaired) electrons. The molecule has 2 heterocycles. The Morgan fingerprint density at radius 3 is 2.76 bits per heavy atom. The minimum atomic E-state index is -3.45. The van der Waals surface area contributed by atoms with Gasteiger partial charge in [-0.15, -0.1) is 11.3 Å². The molecule has 0 amide bonds. The molecular weight excluding hydrogens is 314 g/mol. The summed E-state index contributed by atoms with van der Waals surface area (Å²) in [4.78, 5) is 12.2. The number of sulfonamides is 1. The first-order chi connectivity index (χ1) is 9.94. The first kappa shape index (κ1) is 16.3. The smallest absolute Gasteiger partial charge is 0.348 e. The van der Waals surface area contributed by atoms with Crippen LogP contribution in [0.1, 0.15) is 35.0 Å². The second-order valence-electron chi connectivity index (χ2n) is 4.80. The van der Waals surface area contributed by atoms with Gasteiger partial charge in [-0.25, -0.2) is 13.2 Å². The van der Waals surface area contributed by atoms with Gasteiger partial charge in [-0.3, -0.25) is 4.72 Å². The van der Waals surface area contributed by atoms with Crippen molar-refractivity contribution in [3.05, 3.63) is 16.5 Å². The van der Waals surface area contributed by atoms with E-state index in [-0.39, 0.29) is 0 Å². The van der Waals surface area contributed by atoms with Crippen molar-refractivity contribution >= 4 is 32.3 Å². The third kappa shape index (κ3) is 3.96. The molecule has 1 aromatic rings. The summed E-state index contributed by atoms with van der Waals surface area (Å²) < 4.78 is 37.3. The summed E-state index contributed by atoms with van der Waals surface area (Å²) in [6, 6.07) is 1.66. The zero-order chi connectivity index (χ0) is 15.5. The summed E-state index contributed by atoms with van der Waals surface area (Å²) in [6.45, 7) is 4.70. The Kier molecular flexibility index (Phi) is 5.23. The van der Waals surface area contributed by atoms with E-state index in [9.17, 15) is 13.2 Å². The topological polar surface area (TPSA) is 81.7 Å². The molecule has 2 rings (SSSR count). The van der Waals surface area contributed by atoms with Gasteiger partial charge in [-0.2, -0.15) is 0 Å². The molecule has 1 aliphatic rings. The average molecular weight is 333 g/mol. The Morgan fingerprint density at radius 2 is 2.14 bits per heavy atom. The van der Waals surface area contributed by atoms with E-state index in [4.69, 9.17) is 9.47 Å². The normalized spacial score (nSPS) is 16.7. The number of anilines is 1. The van der Waals surface area contributed by atoms with Gasteiger partial charge in [0.25, 0.3) is 0 Å². The highest BCUT2D eigenvalue weighted by Gasteiger charge is 2.28. The van der Waals surface area contributed by atoms with Crippen molar-refractivity contribution in [1.82, 2.24) is 0 Å². The molecule has 0 unspecified atom stereocenters. The lowest BCUT2D eigenvalue weighted by Gasteiger charge is -2.22. The molecule has 1 fully saturated rings. The van der Waals surface area contributed by atoms with Crippen LogP contribution in [-0.2, 0) is 19.5 Å². The third-order valence-electron chi connectivity index (χ3n) is 3.23. The fraction of sp³-hybridized carbons (Fsp3) is 0.615. The lowest BCUT2D eigenvalue weighted by molar-refractivity contribution is 0.0531. The van der Waals surface area contributed by atoms with Gasteiger partial charge in [0.15, 0.2) is 0 Å². The van der Waals surface area contributed by atoms with Gasteiger partial charge in [0.1, 0.15) is 9.88 Å². The van der Waals surface area contributed by atoms with Gasteiger partial charge < -0.3 is 9.47 Å². The van der Waals surface area contributed by atoms with Crippen LogP contribution in [0.4, 0.5) is 5.00 Å². The standard InChI is InChI=1S/C13H19NO5S2/c1-3-19-13(15)12-9(2)8-11(20-12)14-21(16,17)10-4-6-18-7-5-10/h8,10,14H,3-7H2,1-2H3. The third-order valence-corrected chi connectivity index (χ3v) is 6.34. The first-order valence-electron chi connectivity index (χ1n) is 6.81. The Balaban J connectivity index is 2.12. The summed E-state index contributed by atoms with van der Waals surface area (Å²) in [5.41, 5.74) is 0.711. The van der Waals surface area contributed by atoms with Crippen LogP contribution in [0.5, 0.6) is 0 Å². The van der Waals surface area contributed by atoms with Crippen LogP contribution in [-0.4, -0.2) is 39.5 Å². The quantitative estimate of drug-likeness (QED) is 0.835. The monoisotopic (exact) mass is 333 g/mol. The van der Waals surface area contributed by atoms with E-state index in [1.54, 1.807) is 19.9 Å². The molecule has 6 nitrogen and oxygen atoms in total. The van der Waals surface area contributed by atoms with Gasteiger partial charge in [0, 0.05) is 13.2 Å². The number of nitrogens with one attached hydrogen (secondary N) is 1. The molecule has 0 atom stereocenters. The summed E-state index contributed by atoms with van der Waals surface area (Å²) >= 11 is 1.10. The molecule has 0 spiro atoms. The number of aryl methyl sites for hydroxylation is 1. The summed E-state index contributed by atoms with van der Waals surface area (Å²) in [5, 5.41) is 0.00162. The Morgan fingerprint density at radius 1 is 1.48 bits per heavy atom. The van der Waals surface area contributed by atoms with Crippen molar-refractivity contribution in [2.45, 2.75) is 31.9 Å². The highest BCUT2D eigenvalue weighted by Crippen LogP contribution is 2.29. The summed E-state index contributed by atoms with van der Waals surface area (Å²) in [7, 11) is -3.45. The molecular formula is C13H19NO5S2. The number of carbonyl (C=O) groups is 1. The van der Waals surface area contributed by atoms with Crippen LogP contribution in [0.2, 0.25) is 0 Å². The van der Waals surface area contributed by atoms with Crippen molar-refractivity contribution in [1.29, 1.82) is 0 Å². The maximum atomic E-state index is 12.3. The van der Waals surface area contributed by atoms with Crippen LogP contribution < -0.4 is 4.72 Å². The molecule has 21 heavy (non-hydrogen) atoms. The van der Waals surface area contributed by atoms with Gasteiger partial charge in [-0.05, 0) is 38.3 Å². The van der Waals surface area contributed by atoms with Gasteiger partial charge in [-0.1, -0.05) is 0 Å². The van der Waals surface area contributed by atoms with Crippen LogP contribution in [0.15, 0.2) is 6.07 Å². The van der Waals surface area contributed by atoms with E-state index < -0.39 is 21.2 Å². The molecule has 1 saturated heterocycles. The van der Waals surface area contributed by atoms with Crippen LogP contribution >= 0.6 is 11.3 Å². The van der Waals surface area contributed by atoms with E-state index >= 15 is 0 Å². The van der Waals surface area contributed by atoms with Gasteiger partial charge in [0.2, 0.25) is 10.0 Å². The van der Waals surface area contributed by atoms with Crippen molar-refractivity contribution in [3.63, 3.8) is 0 Å². The van der Waals surface area contributed by atoms with Crippen molar-refractivity contribution in [2.75, 3.05) is 24.5 Å². The fourth-order valence-electron chi connectivity index (χ4n) is 2.14. The van der Waals surface area contributed by atoms with Crippen molar-refractivity contribution in [2.24, 2.45) is 0 Å². The number of thiophene rings is 1. The minimum Gasteiger partial charge on any atom is -0.462 e. The molecule has 8 heteroatoms. The molecule has 0 bridgehead atoms. The number of esters is 1. The fourth-order valence-corrected chi connectivity index (χ4v) is 4.79. The number of rotatable bonds is 5. The van der Waals surface area contributed by atoms with E-state index in [1.807, 2.05) is 0 Å². The summed E-state index contributed by atoms with van der Waals surface area (Å²) in [5.74, 6) is -0.420. The van der Waals surface area contributed by atoms with Crippen LogP contribution in [0.3, 0.4) is 0 Å². The van der Waals surface area contributed by atoms with E-state index in [1.165, 1.54) is 0 Å². The minimum absolute atomic E-state index is 0.291. The highest BCUT2D eigenvalue weighted by molar-refractivity contribution is 7.93. The zero-order valence-corrected chi connectivity index (χ0v) is 13.7. The Bertz CT molecular complexity index is 602. The molecule has 0 aromatic carbocycles. The maximum Gasteiger partial charge on any atom is 0.348 e. The Hall–Kier alpha value is -1.12. The molecule has 118 valence electrons. The van der Waals surface area contributed by atoms with E-state index in [0.717, 1.165) is 11.3 Å². The zero-order valence-electron chi connectivity index (χ0n) is 12.0. The summed E-state index contributed by atoms with van der Waals surface area (Å²) in [6.07, 6.45) is 0.981. The highest BCUT2D eigenvalue weighted by atomic mass is 32.2.